The number of benzene rings is 2. The molecular weight excluding hydrogens is 406 g/mol. The summed E-state index contributed by atoms with van der Waals surface area (Å²) < 4.78 is 28.5. The van der Waals surface area contributed by atoms with E-state index < -0.39 is 33.9 Å². The van der Waals surface area contributed by atoms with Crippen LogP contribution in [0.15, 0.2) is 54.6 Å². The Morgan fingerprint density at radius 1 is 0.967 bits per heavy atom. The number of carbonyl (C=O) groups is 3. The van der Waals surface area contributed by atoms with E-state index >= 15 is 0 Å². The van der Waals surface area contributed by atoms with Crippen molar-refractivity contribution in [1.29, 1.82) is 0 Å². The van der Waals surface area contributed by atoms with Crippen molar-refractivity contribution in [3.05, 3.63) is 71.3 Å². The summed E-state index contributed by atoms with van der Waals surface area (Å²) in [5.41, 5.74) is 1.19. The van der Waals surface area contributed by atoms with Gasteiger partial charge in [-0.2, -0.15) is 0 Å². The van der Waals surface area contributed by atoms with Crippen LogP contribution in [0.3, 0.4) is 0 Å². The third kappa shape index (κ3) is 4.94. The molecule has 1 saturated heterocycles. The molecule has 1 heterocycles. The maximum Gasteiger partial charge on any atom is 0.338 e. The van der Waals surface area contributed by atoms with Crippen molar-refractivity contribution < 1.29 is 27.5 Å². The lowest BCUT2D eigenvalue weighted by Crippen LogP contribution is -2.44. The van der Waals surface area contributed by atoms with E-state index in [2.05, 4.69) is 0 Å². The Labute approximate surface area is 175 Å². The number of carbonyl (C=O) groups excluding carboxylic acids is 3. The summed E-state index contributed by atoms with van der Waals surface area (Å²) in [5.74, 6) is -1.33. The molecule has 2 aromatic carbocycles. The van der Waals surface area contributed by atoms with Gasteiger partial charge >= 0.3 is 5.97 Å². The number of ketones is 1. The Bertz CT molecular complexity index is 1050. The molecule has 1 aliphatic rings. The molecule has 0 bridgehead atoms. The highest BCUT2D eigenvalue weighted by Gasteiger charge is 2.35. The van der Waals surface area contributed by atoms with Gasteiger partial charge in [-0.15, -0.1) is 0 Å². The summed E-state index contributed by atoms with van der Waals surface area (Å²) in [6.45, 7) is 1.45. The summed E-state index contributed by atoms with van der Waals surface area (Å²) in [6.07, 6.45) is -0.682. The molecule has 1 aliphatic heterocycles. The minimum absolute atomic E-state index is 0.0531. The lowest BCUT2D eigenvalue weighted by atomic mass is 10.0. The van der Waals surface area contributed by atoms with Crippen LogP contribution < -0.4 is 0 Å². The van der Waals surface area contributed by atoms with Crippen LogP contribution in [0.1, 0.15) is 39.6 Å². The van der Waals surface area contributed by atoms with Crippen molar-refractivity contribution >= 4 is 27.5 Å². The maximum absolute atomic E-state index is 12.5. The Kier molecular flexibility index (Phi) is 6.36. The molecule has 1 fully saturated rings. The first kappa shape index (κ1) is 21.7. The molecule has 0 aromatic heterocycles. The summed E-state index contributed by atoms with van der Waals surface area (Å²) in [7, 11) is -1.61. The van der Waals surface area contributed by atoms with E-state index in [9.17, 15) is 22.8 Å². The largest absolute Gasteiger partial charge is 0.449 e. The summed E-state index contributed by atoms with van der Waals surface area (Å²) in [4.78, 5) is 38.7. The van der Waals surface area contributed by atoms with Crippen molar-refractivity contribution in [2.45, 2.75) is 25.5 Å². The number of likely N-dealkylation sites (N-methyl/N-ethyl adjacent to an activating group) is 1. The topological polar surface area (TPSA) is 97.8 Å². The molecule has 0 spiro atoms. The van der Waals surface area contributed by atoms with Crippen molar-refractivity contribution in [2.75, 3.05) is 18.6 Å². The summed E-state index contributed by atoms with van der Waals surface area (Å²) in [5, 5.41) is 0. The number of nitrogens with zero attached hydrogens (tertiary/aromatic N) is 1. The Morgan fingerprint density at radius 2 is 1.53 bits per heavy atom. The van der Waals surface area contributed by atoms with Crippen molar-refractivity contribution in [1.82, 2.24) is 4.90 Å². The predicted molar refractivity (Wildman–Crippen MR) is 111 cm³/mol. The molecule has 0 saturated carbocycles. The van der Waals surface area contributed by atoms with E-state index in [4.69, 9.17) is 4.74 Å². The second-order valence-corrected chi connectivity index (χ2v) is 9.55. The zero-order valence-corrected chi connectivity index (χ0v) is 17.6. The van der Waals surface area contributed by atoms with E-state index in [1.165, 1.54) is 43.1 Å². The third-order valence-corrected chi connectivity index (χ3v) is 6.90. The van der Waals surface area contributed by atoms with E-state index in [0.29, 0.717) is 17.5 Å². The smallest absolute Gasteiger partial charge is 0.338 e. The van der Waals surface area contributed by atoms with Gasteiger partial charge in [0.2, 0.25) is 0 Å². The standard InChI is InChI=1S/C22H23NO6S/c1-15(21(25)23(2)19-12-13-30(27,28)14-19)29-22(26)18-10-8-17(9-11-18)20(24)16-6-4-3-5-7-16/h3-11,15,19H,12-14H2,1-2H3. The maximum atomic E-state index is 12.5. The van der Waals surface area contributed by atoms with Gasteiger partial charge in [0, 0.05) is 24.2 Å². The second kappa shape index (κ2) is 8.79. The number of esters is 1. The average molecular weight is 429 g/mol. The lowest BCUT2D eigenvalue weighted by Gasteiger charge is -2.26. The lowest BCUT2D eigenvalue weighted by molar-refractivity contribution is -0.140. The fraction of sp³-hybridized carbons (Fsp3) is 0.318. The molecule has 0 aliphatic carbocycles. The van der Waals surface area contributed by atoms with Gasteiger partial charge in [0.25, 0.3) is 5.91 Å². The van der Waals surface area contributed by atoms with Crippen LogP contribution in [-0.4, -0.2) is 61.7 Å². The molecule has 7 nitrogen and oxygen atoms in total. The Morgan fingerprint density at radius 3 is 2.10 bits per heavy atom. The van der Waals surface area contributed by atoms with Crippen molar-refractivity contribution in [3.8, 4) is 0 Å². The van der Waals surface area contributed by atoms with Gasteiger partial charge < -0.3 is 9.64 Å². The van der Waals surface area contributed by atoms with Gasteiger partial charge in [-0.05, 0) is 25.5 Å². The molecule has 2 aromatic rings. The molecule has 3 rings (SSSR count). The minimum atomic E-state index is -3.13. The van der Waals surface area contributed by atoms with Crippen molar-refractivity contribution in [2.24, 2.45) is 0 Å². The van der Waals surface area contributed by atoms with Crippen LogP contribution in [-0.2, 0) is 19.4 Å². The first-order chi connectivity index (χ1) is 14.2. The highest BCUT2D eigenvalue weighted by atomic mass is 32.2. The number of sulfone groups is 1. The van der Waals surface area contributed by atoms with Crippen LogP contribution in [0, 0.1) is 0 Å². The van der Waals surface area contributed by atoms with Crippen LogP contribution in [0.5, 0.6) is 0 Å². The molecular formula is C22H23NO6S. The first-order valence-corrected chi connectivity index (χ1v) is 11.4. The first-order valence-electron chi connectivity index (χ1n) is 9.56. The number of ether oxygens (including phenoxy) is 1. The highest BCUT2D eigenvalue weighted by Crippen LogP contribution is 2.18. The van der Waals surface area contributed by atoms with Gasteiger partial charge in [0.15, 0.2) is 21.7 Å². The quantitative estimate of drug-likeness (QED) is 0.515. The molecule has 8 heteroatoms. The average Bonchev–Trinajstić information content (AvgIpc) is 3.12. The fourth-order valence-electron chi connectivity index (χ4n) is 3.34. The third-order valence-electron chi connectivity index (χ3n) is 5.15. The van der Waals surface area contributed by atoms with Crippen LogP contribution in [0.2, 0.25) is 0 Å². The van der Waals surface area contributed by atoms with Crippen LogP contribution in [0.4, 0.5) is 0 Å². The molecule has 0 N–H and O–H groups in total. The Hall–Kier alpha value is -3.00. The van der Waals surface area contributed by atoms with Crippen LogP contribution >= 0.6 is 0 Å². The molecule has 158 valence electrons. The summed E-state index contributed by atoms with van der Waals surface area (Å²) in [6, 6.07) is 14.4. The number of hydrogen-bond acceptors (Lipinski definition) is 6. The molecule has 30 heavy (non-hydrogen) atoms. The SMILES string of the molecule is CC(OC(=O)c1ccc(C(=O)c2ccccc2)cc1)C(=O)N(C)C1CCS(=O)(=O)C1. The number of hydrogen-bond donors (Lipinski definition) is 0. The van der Waals surface area contributed by atoms with Gasteiger partial charge in [0.05, 0.1) is 17.1 Å². The zero-order chi connectivity index (χ0) is 21.9. The van der Waals surface area contributed by atoms with Gasteiger partial charge in [-0.3, -0.25) is 9.59 Å². The minimum Gasteiger partial charge on any atom is -0.449 e. The highest BCUT2D eigenvalue weighted by molar-refractivity contribution is 7.91. The number of amides is 1. The monoisotopic (exact) mass is 429 g/mol. The second-order valence-electron chi connectivity index (χ2n) is 7.33. The van der Waals surface area contributed by atoms with Gasteiger partial charge in [-0.1, -0.05) is 42.5 Å². The van der Waals surface area contributed by atoms with E-state index in [1.54, 1.807) is 24.3 Å². The van der Waals surface area contributed by atoms with E-state index in [0.717, 1.165) is 0 Å². The molecule has 1 amide bonds. The summed E-state index contributed by atoms with van der Waals surface area (Å²) >= 11 is 0. The normalized spacial score (nSPS) is 18.4. The molecule has 0 radical (unpaired) electrons. The van der Waals surface area contributed by atoms with Crippen LogP contribution in [0.25, 0.3) is 0 Å². The zero-order valence-electron chi connectivity index (χ0n) is 16.8. The predicted octanol–water partition coefficient (Wildman–Crippen LogP) is 2.11. The van der Waals surface area contributed by atoms with E-state index in [-0.39, 0.29) is 22.9 Å². The number of rotatable bonds is 6. The molecule has 2 unspecified atom stereocenters. The van der Waals surface area contributed by atoms with Gasteiger partial charge in [-0.25, -0.2) is 13.2 Å². The van der Waals surface area contributed by atoms with E-state index in [1.807, 2.05) is 6.07 Å². The molecule has 2 atom stereocenters. The Balaban J connectivity index is 1.61. The van der Waals surface area contributed by atoms with Crippen molar-refractivity contribution in [3.63, 3.8) is 0 Å². The van der Waals surface area contributed by atoms with Gasteiger partial charge in [0.1, 0.15) is 0 Å². The fourth-order valence-corrected chi connectivity index (χ4v) is 5.11.